The zero-order chi connectivity index (χ0) is 19.2. The molecular weight excluding hydrogens is 338 g/mol. The second kappa shape index (κ2) is 8.62. The molecule has 0 radical (unpaired) electrons. The van der Waals surface area contributed by atoms with Crippen molar-refractivity contribution >= 4 is 22.7 Å². The number of amides is 1. The molecule has 0 bridgehead atoms. The number of ketones is 1. The lowest BCUT2D eigenvalue weighted by molar-refractivity contribution is -0.120. The molecule has 1 amide bonds. The molecule has 0 aliphatic rings. The van der Waals surface area contributed by atoms with Gasteiger partial charge in [0.1, 0.15) is 5.82 Å². The quantitative estimate of drug-likeness (QED) is 0.623. The van der Waals surface area contributed by atoms with Crippen molar-refractivity contribution in [2.75, 3.05) is 6.54 Å². The Morgan fingerprint density at radius 1 is 1.07 bits per heavy atom. The number of rotatable bonds is 8. The molecule has 1 atom stereocenters. The summed E-state index contributed by atoms with van der Waals surface area (Å²) in [6.45, 7) is 4.10. The lowest BCUT2D eigenvalue weighted by atomic mass is 10.1. The summed E-state index contributed by atoms with van der Waals surface area (Å²) in [6, 6.07) is 17.3. The summed E-state index contributed by atoms with van der Waals surface area (Å²) in [4.78, 5) is 28.7. The Hall–Kier alpha value is -2.95. The van der Waals surface area contributed by atoms with E-state index in [1.54, 1.807) is 6.92 Å². The number of hydrogen-bond donors (Lipinski definition) is 1. The van der Waals surface area contributed by atoms with Crippen LogP contribution >= 0.6 is 0 Å². The van der Waals surface area contributed by atoms with Crippen LogP contribution in [0.5, 0.6) is 0 Å². The first kappa shape index (κ1) is 18.8. The van der Waals surface area contributed by atoms with Crippen LogP contribution in [0.2, 0.25) is 0 Å². The molecule has 1 N–H and O–H groups in total. The number of para-hydroxylation sites is 2. The molecule has 0 aliphatic heterocycles. The molecule has 0 saturated heterocycles. The predicted molar refractivity (Wildman–Crippen MR) is 107 cm³/mol. The summed E-state index contributed by atoms with van der Waals surface area (Å²) < 4.78 is 2.02. The van der Waals surface area contributed by atoms with Gasteiger partial charge in [0.25, 0.3) is 0 Å². The van der Waals surface area contributed by atoms with Crippen molar-refractivity contribution in [3.63, 3.8) is 0 Å². The second-order valence-corrected chi connectivity index (χ2v) is 6.79. The Balaban J connectivity index is 1.61. The van der Waals surface area contributed by atoms with Gasteiger partial charge in [-0.15, -0.1) is 0 Å². The summed E-state index contributed by atoms with van der Waals surface area (Å²) in [7, 11) is 0. The fourth-order valence-corrected chi connectivity index (χ4v) is 3.20. The van der Waals surface area contributed by atoms with E-state index in [1.807, 2.05) is 66.1 Å². The molecule has 1 aromatic heterocycles. The number of aryl methyl sites for hydroxylation is 1. The van der Waals surface area contributed by atoms with Gasteiger partial charge < -0.3 is 9.88 Å². The summed E-state index contributed by atoms with van der Waals surface area (Å²) in [6.07, 6.45) is 1.87. The van der Waals surface area contributed by atoms with Crippen LogP contribution in [0.4, 0.5) is 0 Å². The third-order valence-electron chi connectivity index (χ3n) is 4.75. The molecule has 27 heavy (non-hydrogen) atoms. The van der Waals surface area contributed by atoms with Crippen LogP contribution < -0.4 is 5.32 Å². The number of carbonyl (C=O) groups excluding carboxylic acids is 2. The van der Waals surface area contributed by atoms with E-state index in [4.69, 9.17) is 4.98 Å². The van der Waals surface area contributed by atoms with Gasteiger partial charge in [-0.3, -0.25) is 9.59 Å². The average molecular weight is 363 g/mol. The number of nitrogens with zero attached hydrogens (tertiary/aromatic N) is 2. The first-order valence-corrected chi connectivity index (χ1v) is 9.33. The van der Waals surface area contributed by atoms with Gasteiger partial charge in [0.2, 0.25) is 5.91 Å². The van der Waals surface area contributed by atoms with Crippen LogP contribution in [0.15, 0.2) is 54.6 Å². The number of hydrogen-bond acceptors (Lipinski definition) is 3. The number of aromatic nitrogens is 2. The highest BCUT2D eigenvalue weighted by Gasteiger charge is 2.18. The van der Waals surface area contributed by atoms with E-state index in [-0.39, 0.29) is 17.7 Å². The molecule has 1 unspecified atom stereocenters. The maximum atomic E-state index is 12.1. The second-order valence-electron chi connectivity index (χ2n) is 6.79. The smallest absolute Gasteiger partial charge is 0.224 e. The van der Waals surface area contributed by atoms with E-state index in [0.29, 0.717) is 19.4 Å². The molecule has 2 aromatic carbocycles. The van der Waals surface area contributed by atoms with E-state index in [2.05, 4.69) is 5.32 Å². The van der Waals surface area contributed by atoms with Gasteiger partial charge >= 0.3 is 0 Å². The van der Waals surface area contributed by atoms with E-state index in [1.165, 1.54) is 0 Å². The minimum Gasteiger partial charge on any atom is -0.356 e. The monoisotopic (exact) mass is 363 g/mol. The third-order valence-corrected chi connectivity index (χ3v) is 4.75. The first-order chi connectivity index (χ1) is 13.1. The highest BCUT2D eigenvalue weighted by Crippen LogP contribution is 2.22. The number of nitrogens with one attached hydrogen (secondary N) is 1. The van der Waals surface area contributed by atoms with Crippen molar-refractivity contribution in [1.82, 2.24) is 14.9 Å². The van der Waals surface area contributed by atoms with Crippen molar-refractivity contribution in [3.8, 4) is 0 Å². The minimum atomic E-state index is -0.250. The topological polar surface area (TPSA) is 64.0 Å². The zero-order valence-corrected chi connectivity index (χ0v) is 15.8. The SMILES string of the molecule is CC(=O)C(C)n1c(CCCNC(=O)Cc2ccccc2)nc2ccccc21. The van der Waals surface area contributed by atoms with Crippen LogP contribution in [0.3, 0.4) is 0 Å². The van der Waals surface area contributed by atoms with Crippen LogP contribution in [-0.4, -0.2) is 27.8 Å². The molecule has 0 aliphatic carbocycles. The number of Topliss-reactive ketones (excluding diaryl/α,β-unsaturated/α-hetero) is 1. The van der Waals surface area contributed by atoms with Crippen molar-refractivity contribution < 1.29 is 9.59 Å². The molecule has 5 heteroatoms. The van der Waals surface area contributed by atoms with Gasteiger partial charge in [-0.1, -0.05) is 42.5 Å². The van der Waals surface area contributed by atoms with Gasteiger partial charge in [-0.25, -0.2) is 4.98 Å². The van der Waals surface area contributed by atoms with Crippen molar-refractivity contribution in [2.45, 2.75) is 39.2 Å². The summed E-state index contributed by atoms with van der Waals surface area (Å²) in [5.74, 6) is 1.01. The first-order valence-electron chi connectivity index (χ1n) is 9.33. The Morgan fingerprint density at radius 2 is 1.78 bits per heavy atom. The molecule has 3 aromatic rings. The summed E-state index contributed by atoms with van der Waals surface area (Å²) >= 11 is 0. The average Bonchev–Trinajstić information content (AvgIpc) is 3.03. The van der Waals surface area contributed by atoms with Crippen LogP contribution in [-0.2, 0) is 22.4 Å². The number of imidazole rings is 1. The molecule has 3 rings (SSSR count). The fourth-order valence-electron chi connectivity index (χ4n) is 3.20. The number of fused-ring (bicyclic) bond motifs is 1. The maximum absolute atomic E-state index is 12.1. The number of benzene rings is 2. The Morgan fingerprint density at radius 3 is 2.52 bits per heavy atom. The highest BCUT2D eigenvalue weighted by atomic mass is 16.1. The third kappa shape index (κ3) is 4.61. The Bertz CT molecular complexity index is 931. The zero-order valence-electron chi connectivity index (χ0n) is 15.8. The van der Waals surface area contributed by atoms with Crippen molar-refractivity contribution in [3.05, 3.63) is 66.0 Å². The van der Waals surface area contributed by atoms with E-state index in [9.17, 15) is 9.59 Å². The summed E-state index contributed by atoms with van der Waals surface area (Å²) in [5.41, 5.74) is 2.88. The van der Waals surface area contributed by atoms with E-state index in [0.717, 1.165) is 28.8 Å². The Kier molecular flexibility index (Phi) is 6.01. The molecule has 140 valence electrons. The standard InChI is InChI=1S/C22H25N3O2/c1-16(17(2)26)25-20-12-7-6-11-19(20)24-21(25)13-8-14-23-22(27)15-18-9-4-3-5-10-18/h3-7,9-12,16H,8,13-15H2,1-2H3,(H,23,27). The predicted octanol–water partition coefficient (Wildman–Crippen LogP) is 3.48. The fraction of sp³-hybridized carbons (Fsp3) is 0.318. The Labute approximate surface area is 159 Å². The van der Waals surface area contributed by atoms with Crippen LogP contribution in [0.1, 0.15) is 37.7 Å². The van der Waals surface area contributed by atoms with Gasteiger partial charge in [0.05, 0.1) is 23.5 Å². The number of carbonyl (C=O) groups is 2. The lowest BCUT2D eigenvalue weighted by Crippen LogP contribution is -2.26. The molecule has 0 fully saturated rings. The molecule has 0 spiro atoms. The minimum absolute atomic E-state index is 0.0202. The van der Waals surface area contributed by atoms with Crippen molar-refractivity contribution in [2.24, 2.45) is 0 Å². The van der Waals surface area contributed by atoms with E-state index >= 15 is 0 Å². The lowest BCUT2D eigenvalue weighted by Gasteiger charge is -2.15. The van der Waals surface area contributed by atoms with Crippen LogP contribution in [0, 0.1) is 0 Å². The molecule has 1 heterocycles. The largest absolute Gasteiger partial charge is 0.356 e. The summed E-state index contributed by atoms with van der Waals surface area (Å²) in [5, 5.41) is 2.96. The molecule has 5 nitrogen and oxygen atoms in total. The molecule has 0 saturated carbocycles. The van der Waals surface area contributed by atoms with Gasteiger partial charge in [0, 0.05) is 13.0 Å². The molecular formula is C22H25N3O2. The van der Waals surface area contributed by atoms with Gasteiger partial charge in [-0.2, -0.15) is 0 Å². The maximum Gasteiger partial charge on any atom is 0.224 e. The van der Waals surface area contributed by atoms with Gasteiger partial charge in [-0.05, 0) is 38.0 Å². The van der Waals surface area contributed by atoms with Gasteiger partial charge in [0.15, 0.2) is 5.78 Å². The van der Waals surface area contributed by atoms with Crippen LogP contribution in [0.25, 0.3) is 11.0 Å². The normalized spacial score (nSPS) is 12.1. The highest BCUT2D eigenvalue weighted by molar-refractivity contribution is 5.84. The van der Waals surface area contributed by atoms with E-state index < -0.39 is 0 Å². The van der Waals surface area contributed by atoms with Crippen molar-refractivity contribution in [1.29, 1.82) is 0 Å².